The SMILES string of the molecule is CSc1nnc(CN(C)Cc2ccc(C(C)C)cc2)n1C[C@H]1CCCO1. The van der Waals surface area contributed by atoms with Crippen molar-refractivity contribution in [1.29, 1.82) is 0 Å². The molecule has 1 aromatic carbocycles. The van der Waals surface area contributed by atoms with Gasteiger partial charge in [-0.05, 0) is 43.2 Å². The van der Waals surface area contributed by atoms with Crippen LogP contribution in [-0.4, -0.2) is 45.7 Å². The van der Waals surface area contributed by atoms with Gasteiger partial charge in [0.1, 0.15) is 5.82 Å². The summed E-state index contributed by atoms with van der Waals surface area (Å²) >= 11 is 1.65. The second-order valence-corrected chi connectivity index (χ2v) is 8.19. The van der Waals surface area contributed by atoms with E-state index in [4.69, 9.17) is 4.74 Å². The van der Waals surface area contributed by atoms with Gasteiger partial charge in [-0.3, -0.25) is 4.90 Å². The zero-order valence-electron chi connectivity index (χ0n) is 16.3. The van der Waals surface area contributed by atoms with Crippen LogP contribution in [0.15, 0.2) is 29.4 Å². The van der Waals surface area contributed by atoms with Gasteiger partial charge in [0.25, 0.3) is 0 Å². The minimum absolute atomic E-state index is 0.296. The zero-order valence-corrected chi connectivity index (χ0v) is 17.1. The molecule has 3 rings (SSSR count). The Hall–Kier alpha value is -1.37. The highest BCUT2D eigenvalue weighted by atomic mass is 32.2. The third-order valence-electron chi connectivity index (χ3n) is 4.90. The van der Waals surface area contributed by atoms with Crippen molar-refractivity contribution in [2.45, 2.75) is 63.5 Å². The van der Waals surface area contributed by atoms with Crippen LogP contribution in [0.2, 0.25) is 0 Å². The zero-order chi connectivity index (χ0) is 18.5. The molecule has 1 aliphatic heterocycles. The summed E-state index contributed by atoms with van der Waals surface area (Å²) in [5.74, 6) is 1.59. The number of ether oxygens (including phenoxy) is 1. The third-order valence-corrected chi connectivity index (χ3v) is 5.56. The van der Waals surface area contributed by atoms with E-state index in [9.17, 15) is 0 Å². The molecule has 1 aromatic heterocycles. The molecule has 0 bridgehead atoms. The molecule has 1 aliphatic rings. The van der Waals surface area contributed by atoms with E-state index >= 15 is 0 Å². The van der Waals surface area contributed by atoms with E-state index in [0.29, 0.717) is 12.0 Å². The van der Waals surface area contributed by atoms with Gasteiger partial charge in [0, 0.05) is 13.2 Å². The largest absolute Gasteiger partial charge is 0.376 e. The summed E-state index contributed by atoms with van der Waals surface area (Å²) in [5, 5.41) is 9.78. The standard InChI is InChI=1S/C20H30N4OS/c1-15(2)17-9-7-16(8-10-17)12-23(3)14-19-21-22-20(26-4)24(19)13-18-6-5-11-25-18/h7-10,15,18H,5-6,11-14H2,1-4H3/t18-/m1/s1. The molecular weight excluding hydrogens is 344 g/mol. The molecule has 1 saturated heterocycles. The number of hydrogen-bond donors (Lipinski definition) is 0. The van der Waals surface area contributed by atoms with Crippen LogP contribution < -0.4 is 0 Å². The van der Waals surface area contributed by atoms with E-state index in [2.05, 4.69) is 71.1 Å². The highest BCUT2D eigenvalue weighted by Crippen LogP contribution is 2.21. The smallest absolute Gasteiger partial charge is 0.191 e. The molecule has 2 heterocycles. The van der Waals surface area contributed by atoms with Gasteiger partial charge < -0.3 is 9.30 Å². The summed E-state index contributed by atoms with van der Waals surface area (Å²) in [6.07, 6.45) is 4.64. The number of rotatable bonds is 8. The van der Waals surface area contributed by atoms with Crippen molar-refractivity contribution < 1.29 is 4.74 Å². The van der Waals surface area contributed by atoms with E-state index in [1.165, 1.54) is 11.1 Å². The molecule has 6 heteroatoms. The fourth-order valence-electron chi connectivity index (χ4n) is 3.38. The second-order valence-electron chi connectivity index (χ2n) is 7.42. The molecule has 0 aliphatic carbocycles. The fourth-order valence-corrected chi connectivity index (χ4v) is 3.90. The maximum atomic E-state index is 5.81. The van der Waals surface area contributed by atoms with Crippen LogP contribution in [0.4, 0.5) is 0 Å². The van der Waals surface area contributed by atoms with Crippen molar-refractivity contribution in [3.63, 3.8) is 0 Å². The molecule has 5 nitrogen and oxygen atoms in total. The van der Waals surface area contributed by atoms with Gasteiger partial charge >= 0.3 is 0 Å². The summed E-state index contributed by atoms with van der Waals surface area (Å²) in [6.45, 7) is 7.88. The molecule has 0 radical (unpaired) electrons. The van der Waals surface area contributed by atoms with E-state index in [-0.39, 0.29) is 0 Å². The fraction of sp³-hybridized carbons (Fsp3) is 0.600. The van der Waals surface area contributed by atoms with Crippen LogP contribution in [0.5, 0.6) is 0 Å². The lowest BCUT2D eigenvalue weighted by molar-refractivity contribution is 0.0934. The van der Waals surface area contributed by atoms with Crippen LogP contribution in [-0.2, 0) is 24.4 Å². The van der Waals surface area contributed by atoms with Crippen LogP contribution in [0.25, 0.3) is 0 Å². The van der Waals surface area contributed by atoms with Gasteiger partial charge in [-0.25, -0.2) is 0 Å². The average molecular weight is 375 g/mol. The van der Waals surface area contributed by atoms with Crippen molar-refractivity contribution in [3.8, 4) is 0 Å². The lowest BCUT2D eigenvalue weighted by Crippen LogP contribution is -2.23. The van der Waals surface area contributed by atoms with E-state index in [0.717, 1.165) is 50.1 Å². The van der Waals surface area contributed by atoms with Gasteiger partial charge in [0.05, 0.1) is 19.2 Å². The summed E-state index contributed by atoms with van der Waals surface area (Å²) < 4.78 is 8.05. The molecule has 0 N–H and O–H groups in total. The monoisotopic (exact) mass is 374 g/mol. The van der Waals surface area contributed by atoms with Crippen molar-refractivity contribution in [1.82, 2.24) is 19.7 Å². The predicted molar refractivity (Wildman–Crippen MR) is 106 cm³/mol. The van der Waals surface area contributed by atoms with Gasteiger partial charge in [0.2, 0.25) is 0 Å². The van der Waals surface area contributed by atoms with Crippen LogP contribution in [0.1, 0.15) is 49.6 Å². The molecule has 26 heavy (non-hydrogen) atoms. The molecule has 1 atom stereocenters. The number of aromatic nitrogens is 3. The van der Waals surface area contributed by atoms with Gasteiger partial charge in [-0.1, -0.05) is 49.9 Å². The summed E-state index contributed by atoms with van der Waals surface area (Å²) in [5.41, 5.74) is 2.71. The lowest BCUT2D eigenvalue weighted by atomic mass is 10.0. The second kappa shape index (κ2) is 9.02. The maximum absolute atomic E-state index is 5.81. The summed E-state index contributed by atoms with van der Waals surface area (Å²) in [6, 6.07) is 8.94. The van der Waals surface area contributed by atoms with E-state index in [1.807, 2.05) is 0 Å². The van der Waals surface area contributed by atoms with Gasteiger partial charge in [-0.15, -0.1) is 10.2 Å². The van der Waals surface area contributed by atoms with Crippen molar-refractivity contribution in [2.75, 3.05) is 19.9 Å². The third kappa shape index (κ3) is 4.87. The Labute approximate surface area is 161 Å². The van der Waals surface area contributed by atoms with Gasteiger partial charge in [0.15, 0.2) is 5.16 Å². The average Bonchev–Trinajstić information content (AvgIpc) is 3.26. The van der Waals surface area contributed by atoms with Crippen molar-refractivity contribution in [3.05, 3.63) is 41.2 Å². The van der Waals surface area contributed by atoms with Gasteiger partial charge in [-0.2, -0.15) is 0 Å². The van der Waals surface area contributed by atoms with E-state index in [1.54, 1.807) is 11.8 Å². The number of hydrogen-bond acceptors (Lipinski definition) is 5. The molecular formula is C20H30N4OS. The summed E-state index contributed by atoms with van der Waals surface area (Å²) in [7, 11) is 2.14. The number of benzene rings is 1. The molecule has 0 amide bonds. The first-order valence-electron chi connectivity index (χ1n) is 9.42. The molecule has 0 unspecified atom stereocenters. The highest BCUT2D eigenvalue weighted by Gasteiger charge is 2.21. The molecule has 0 spiro atoms. The molecule has 142 valence electrons. The molecule has 0 saturated carbocycles. The Balaban J connectivity index is 1.64. The Kier molecular flexibility index (Phi) is 6.73. The molecule has 2 aromatic rings. The Morgan fingerprint density at radius 3 is 2.62 bits per heavy atom. The first kappa shape index (κ1) is 19.4. The summed E-state index contributed by atoms with van der Waals surface area (Å²) in [4.78, 5) is 2.30. The van der Waals surface area contributed by atoms with Crippen LogP contribution in [0, 0.1) is 0 Å². The van der Waals surface area contributed by atoms with Crippen LogP contribution in [0.3, 0.4) is 0 Å². The normalized spacial score (nSPS) is 17.5. The van der Waals surface area contributed by atoms with Crippen LogP contribution >= 0.6 is 11.8 Å². The number of nitrogens with zero attached hydrogens (tertiary/aromatic N) is 4. The maximum Gasteiger partial charge on any atom is 0.191 e. The highest BCUT2D eigenvalue weighted by molar-refractivity contribution is 7.98. The Morgan fingerprint density at radius 2 is 2.00 bits per heavy atom. The predicted octanol–water partition coefficient (Wildman–Crippen LogP) is 3.93. The Morgan fingerprint density at radius 1 is 1.23 bits per heavy atom. The van der Waals surface area contributed by atoms with E-state index < -0.39 is 0 Å². The first-order valence-corrected chi connectivity index (χ1v) is 10.6. The quantitative estimate of drug-likeness (QED) is 0.655. The lowest BCUT2D eigenvalue weighted by Gasteiger charge is -2.19. The minimum atomic E-state index is 0.296. The van der Waals surface area contributed by atoms with Crippen molar-refractivity contribution in [2.24, 2.45) is 0 Å². The topological polar surface area (TPSA) is 43.2 Å². The number of thioether (sulfide) groups is 1. The minimum Gasteiger partial charge on any atom is -0.376 e. The first-order chi connectivity index (χ1) is 12.6. The van der Waals surface area contributed by atoms with Crippen molar-refractivity contribution >= 4 is 11.8 Å². The molecule has 1 fully saturated rings. The Bertz CT molecular complexity index is 692.